The van der Waals surface area contributed by atoms with Gasteiger partial charge in [0.15, 0.2) is 0 Å². The number of benzene rings is 1. The minimum absolute atomic E-state index is 0.0904. The third-order valence-electron chi connectivity index (χ3n) is 6.61. The van der Waals surface area contributed by atoms with Crippen LogP contribution in [0, 0.1) is 25.2 Å². The molecule has 2 heterocycles. The van der Waals surface area contributed by atoms with Crippen molar-refractivity contribution >= 4 is 11.7 Å². The fraction of sp³-hybridized carbons (Fsp3) is 0.650. The van der Waals surface area contributed by atoms with Crippen molar-refractivity contribution in [3.05, 3.63) is 29.3 Å². The summed E-state index contributed by atoms with van der Waals surface area (Å²) in [6.07, 6.45) is 5.92. The van der Waals surface area contributed by atoms with Gasteiger partial charge < -0.3 is 15.0 Å². The Labute approximate surface area is 144 Å². The monoisotopic (exact) mass is 328 g/mol. The zero-order chi connectivity index (χ0) is 16.7. The molecule has 3 aliphatic rings. The van der Waals surface area contributed by atoms with Crippen LogP contribution in [-0.2, 0) is 4.74 Å². The molecule has 3 fully saturated rings. The van der Waals surface area contributed by atoms with Crippen molar-refractivity contribution in [2.45, 2.75) is 52.0 Å². The molecule has 4 heteroatoms. The fourth-order valence-corrected chi connectivity index (χ4v) is 5.32. The lowest BCUT2D eigenvalue weighted by molar-refractivity contribution is -0.000303. The fourth-order valence-electron chi connectivity index (χ4n) is 5.32. The van der Waals surface area contributed by atoms with Gasteiger partial charge in [0.05, 0.1) is 0 Å². The smallest absolute Gasteiger partial charge is 0.322 e. The van der Waals surface area contributed by atoms with Gasteiger partial charge in [0.25, 0.3) is 0 Å². The van der Waals surface area contributed by atoms with E-state index in [0.29, 0.717) is 17.4 Å². The molecule has 4 rings (SSSR count). The van der Waals surface area contributed by atoms with Crippen LogP contribution in [0.3, 0.4) is 0 Å². The van der Waals surface area contributed by atoms with Gasteiger partial charge in [-0.1, -0.05) is 24.6 Å². The van der Waals surface area contributed by atoms with E-state index in [-0.39, 0.29) is 6.03 Å². The minimum atomic E-state index is 0.0904. The molecule has 1 aliphatic carbocycles. The molecule has 0 aromatic heterocycles. The van der Waals surface area contributed by atoms with Crippen LogP contribution in [-0.4, -0.2) is 36.7 Å². The summed E-state index contributed by atoms with van der Waals surface area (Å²) in [6, 6.07) is 6.68. The van der Waals surface area contributed by atoms with Crippen molar-refractivity contribution in [3.63, 3.8) is 0 Å². The zero-order valence-electron chi connectivity index (χ0n) is 14.8. The molecule has 2 aliphatic heterocycles. The minimum Gasteiger partial charge on any atom is -0.381 e. The first-order chi connectivity index (χ1) is 11.6. The van der Waals surface area contributed by atoms with Gasteiger partial charge >= 0.3 is 6.03 Å². The van der Waals surface area contributed by atoms with Crippen molar-refractivity contribution in [1.82, 2.24) is 4.90 Å². The number of carbonyl (C=O) groups is 1. The Hall–Kier alpha value is -1.55. The van der Waals surface area contributed by atoms with Crippen LogP contribution >= 0.6 is 0 Å². The van der Waals surface area contributed by atoms with Crippen molar-refractivity contribution in [2.75, 3.05) is 25.1 Å². The number of nitrogens with one attached hydrogen (secondary N) is 1. The van der Waals surface area contributed by atoms with Crippen LogP contribution in [0.1, 0.15) is 43.2 Å². The number of aryl methyl sites for hydroxylation is 2. The van der Waals surface area contributed by atoms with E-state index >= 15 is 0 Å². The number of urea groups is 1. The summed E-state index contributed by atoms with van der Waals surface area (Å²) in [5, 5.41) is 3.21. The number of likely N-dealkylation sites (tertiary alicyclic amines) is 1. The van der Waals surface area contributed by atoms with Gasteiger partial charge in [-0.2, -0.15) is 0 Å². The highest BCUT2D eigenvalue weighted by atomic mass is 16.5. The average molecular weight is 328 g/mol. The highest BCUT2D eigenvalue weighted by Crippen LogP contribution is 2.53. The van der Waals surface area contributed by atoms with Gasteiger partial charge in [-0.05, 0) is 62.0 Å². The number of hydrogen-bond acceptors (Lipinski definition) is 2. The summed E-state index contributed by atoms with van der Waals surface area (Å²) in [6.45, 7) is 6.74. The van der Waals surface area contributed by atoms with Crippen LogP contribution in [0.25, 0.3) is 0 Å². The molecule has 0 radical (unpaired) electrons. The van der Waals surface area contributed by atoms with Gasteiger partial charge in [-0.25, -0.2) is 4.79 Å². The number of fused-ring (bicyclic) bond motifs is 2. The first-order valence-electron chi connectivity index (χ1n) is 9.32. The number of amides is 2. The molecule has 2 saturated heterocycles. The Balaban J connectivity index is 1.56. The van der Waals surface area contributed by atoms with Crippen LogP contribution in [0.15, 0.2) is 18.2 Å². The van der Waals surface area contributed by atoms with Crippen LogP contribution < -0.4 is 5.32 Å². The summed E-state index contributed by atoms with van der Waals surface area (Å²) < 4.78 is 5.61. The first-order valence-corrected chi connectivity index (χ1v) is 9.32. The molecular formula is C20H28N2O2. The van der Waals surface area contributed by atoms with E-state index in [4.69, 9.17) is 4.74 Å². The molecule has 130 valence electrons. The summed E-state index contributed by atoms with van der Waals surface area (Å²) in [5.74, 6) is 0.671. The van der Waals surface area contributed by atoms with Crippen molar-refractivity contribution < 1.29 is 9.53 Å². The predicted octanol–water partition coefficient (Wildman–Crippen LogP) is 4.12. The van der Waals surface area contributed by atoms with E-state index in [0.717, 1.165) is 55.8 Å². The Morgan fingerprint density at radius 3 is 2.62 bits per heavy atom. The van der Waals surface area contributed by atoms with E-state index in [1.807, 2.05) is 6.07 Å². The second-order valence-corrected chi connectivity index (χ2v) is 7.90. The summed E-state index contributed by atoms with van der Waals surface area (Å²) in [5.41, 5.74) is 3.54. The molecule has 2 amide bonds. The number of nitrogens with zero attached hydrogens (tertiary/aromatic N) is 1. The number of carbonyl (C=O) groups excluding carboxylic acids is 1. The second-order valence-electron chi connectivity index (χ2n) is 7.90. The molecule has 1 aromatic carbocycles. The molecule has 1 aromatic rings. The largest absolute Gasteiger partial charge is 0.381 e. The zero-order valence-corrected chi connectivity index (χ0v) is 14.8. The van der Waals surface area contributed by atoms with E-state index in [2.05, 4.69) is 36.2 Å². The highest BCUT2D eigenvalue weighted by Gasteiger charge is 2.55. The number of para-hydroxylation sites is 1. The Morgan fingerprint density at radius 2 is 1.92 bits per heavy atom. The SMILES string of the molecule is Cc1cccc(C)c1NC(=O)N1CC2(CCOCC2)[C@@H]2CCC[C@@H]21. The molecular weight excluding hydrogens is 300 g/mol. The molecule has 0 unspecified atom stereocenters. The number of anilines is 1. The van der Waals surface area contributed by atoms with E-state index in [1.165, 1.54) is 12.8 Å². The topological polar surface area (TPSA) is 41.6 Å². The van der Waals surface area contributed by atoms with Crippen LogP contribution in [0.5, 0.6) is 0 Å². The summed E-state index contributed by atoms with van der Waals surface area (Å²) in [7, 11) is 0. The predicted molar refractivity (Wildman–Crippen MR) is 95.3 cm³/mol. The second kappa shape index (κ2) is 6.07. The molecule has 24 heavy (non-hydrogen) atoms. The van der Waals surface area contributed by atoms with Gasteiger partial charge in [0.2, 0.25) is 0 Å². The Bertz CT molecular complexity index is 616. The third-order valence-corrected chi connectivity index (χ3v) is 6.61. The number of rotatable bonds is 1. The lowest BCUT2D eigenvalue weighted by atomic mass is 9.71. The quantitative estimate of drug-likeness (QED) is 0.842. The number of ether oxygens (including phenoxy) is 1. The third kappa shape index (κ3) is 2.52. The maximum absolute atomic E-state index is 13.1. The Kier molecular flexibility index (Phi) is 4.03. The lowest BCUT2D eigenvalue weighted by Crippen LogP contribution is -2.40. The van der Waals surface area contributed by atoms with Gasteiger partial charge in [-0.3, -0.25) is 0 Å². The van der Waals surface area contributed by atoms with E-state index < -0.39 is 0 Å². The summed E-state index contributed by atoms with van der Waals surface area (Å²) >= 11 is 0. The highest BCUT2D eigenvalue weighted by molar-refractivity contribution is 5.91. The molecule has 1 saturated carbocycles. The first kappa shape index (κ1) is 15.9. The maximum Gasteiger partial charge on any atom is 0.322 e. The Morgan fingerprint density at radius 1 is 1.21 bits per heavy atom. The lowest BCUT2D eigenvalue weighted by Gasteiger charge is -2.37. The van der Waals surface area contributed by atoms with Crippen molar-refractivity contribution in [3.8, 4) is 0 Å². The van der Waals surface area contributed by atoms with Crippen molar-refractivity contribution in [2.24, 2.45) is 11.3 Å². The van der Waals surface area contributed by atoms with Gasteiger partial charge in [-0.15, -0.1) is 0 Å². The average Bonchev–Trinajstić information content (AvgIpc) is 3.16. The van der Waals surface area contributed by atoms with Gasteiger partial charge in [0.1, 0.15) is 0 Å². The van der Waals surface area contributed by atoms with E-state index in [1.54, 1.807) is 0 Å². The molecule has 1 spiro atoms. The standard InChI is InChI=1S/C20H28N2O2/c1-14-5-3-6-15(2)18(14)21-19(23)22-13-20(9-11-24-12-10-20)16-7-4-8-17(16)22/h3,5-6,16-17H,4,7-13H2,1-2H3,(H,21,23)/t16-,17+/m1/s1. The molecule has 1 N–H and O–H groups in total. The number of hydrogen-bond donors (Lipinski definition) is 1. The normalized spacial score (nSPS) is 28.2. The maximum atomic E-state index is 13.1. The summed E-state index contributed by atoms with van der Waals surface area (Å²) in [4.78, 5) is 15.2. The molecule has 4 nitrogen and oxygen atoms in total. The van der Waals surface area contributed by atoms with E-state index in [9.17, 15) is 4.79 Å². The van der Waals surface area contributed by atoms with Crippen LogP contribution in [0.4, 0.5) is 10.5 Å². The molecule has 0 bridgehead atoms. The van der Waals surface area contributed by atoms with Crippen molar-refractivity contribution in [1.29, 1.82) is 0 Å². The van der Waals surface area contributed by atoms with Crippen LogP contribution in [0.2, 0.25) is 0 Å². The van der Waals surface area contributed by atoms with Gasteiger partial charge in [0, 0.05) is 31.5 Å². The molecule has 2 atom stereocenters.